The zero-order valence-electron chi connectivity index (χ0n) is 17.3. The molecule has 0 aliphatic rings. The van der Waals surface area contributed by atoms with Gasteiger partial charge >= 0.3 is 5.97 Å². The highest BCUT2D eigenvalue weighted by atomic mass is 35.5. The van der Waals surface area contributed by atoms with Gasteiger partial charge in [0.1, 0.15) is 9.83 Å². The number of carbonyl (C=O) groups excluding carboxylic acids is 1. The maximum atomic E-state index is 11.4. The molecule has 0 heterocycles. The summed E-state index contributed by atoms with van der Waals surface area (Å²) in [6.45, 7) is 7.10. The van der Waals surface area contributed by atoms with Gasteiger partial charge in [0, 0.05) is 11.4 Å². The third-order valence-corrected chi connectivity index (χ3v) is 7.55. The van der Waals surface area contributed by atoms with Gasteiger partial charge in [0.05, 0.1) is 13.2 Å². The lowest BCUT2D eigenvalue weighted by molar-refractivity contribution is -0.143. The standard InChI is InChI=1S/C23H29ClO3S2/c1-4-26-22(25)8-7-17-27-21-15-11-19(12-16-21)23(28-5-2,29-6-3)18-9-13-20(24)14-10-18/h9-16H,4-8,17H2,1-3H3. The van der Waals surface area contributed by atoms with E-state index in [0.717, 1.165) is 22.3 Å². The molecule has 2 rings (SSSR count). The van der Waals surface area contributed by atoms with Gasteiger partial charge in [0.25, 0.3) is 0 Å². The molecule has 0 saturated heterocycles. The summed E-state index contributed by atoms with van der Waals surface area (Å²) in [5.41, 5.74) is 2.47. The molecule has 0 radical (unpaired) electrons. The molecule has 0 amide bonds. The molecular weight excluding hydrogens is 424 g/mol. The number of thioether (sulfide) groups is 2. The summed E-state index contributed by atoms with van der Waals surface area (Å²) >= 11 is 9.97. The van der Waals surface area contributed by atoms with Crippen LogP contribution in [0.4, 0.5) is 0 Å². The van der Waals surface area contributed by atoms with Crippen LogP contribution in [0.1, 0.15) is 44.7 Å². The number of esters is 1. The van der Waals surface area contributed by atoms with E-state index in [1.165, 1.54) is 11.1 Å². The Bertz CT molecular complexity index is 742. The maximum Gasteiger partial charge on any atom is 0.305 e. The number of rotatable bonds is 12. The lowest BCUT2D eigenvalue weighted by Gasteiger charge is -2.33. The second kappa shape index (κ2) is 12.4. The first-order valence-electron chi connectivity index (χ1n) is 9.98. The molecule has 0 spiro atoms. The Labute approximate surface area is 187 Å². The van der Waals surface area contributed by atoms with Crippen LogP contribution in [0.3, 0.4) is 0 Å². The quantitative estimate of drug-likeness (QED) is 0.202. The highest BCUT2D eigenvalue weighted by molar-refractivity contribution is 8.17. The molecule has 0 aliphatic heterocycles. The van der Waals surface area contributed by atoms with Gasteiger partial charge in [-0.3, -0.25) is 4.79 Å². The summed E-state index contributed by atoms with van der Waals surface area (Å²) in [6, 6.07) is 16.5. The highest BCUT2D eigenvalue weighted by Gasteiger charge is 2.34. The Balaban J connectivity index is 2.13. The lowest BCUT2D eigenvalue weighted by Crippen LogP contribution is -2.20. The second-order valence-corrected chi connectivity index (χ2v) is 9.92. The molecule has 6 heteroatoms. The molecule has 0 aromatic heterocycles. The SMILES string of the molecule is CCOC(=O)CCCOc1ccc(C(SCC)(SCC)c2ccc(Cl)cc2)cc1. The first-order valence-corrected chi connectivity index (χ1v) is 12.3. The Morgan fingerprint density at radius 1 is 0.931 bits per heavy atom. The molecule has 0 unspecified atom stereocenters. The number of ether oxygens (including phenoxy) is 2. The third kappa shape index (κ3) is 6.87. The minimum atomic E-state index is -0.184. The fourth-order valence-corrected chi connectivity index (χ4v) is 6.22. The number of carbonyl (C=O) groups is 1. The number of hydrogen-bond acceptors (Lipinski definition) is 5. The van der Waals surface area contributed by atoms with Crippen LogP contribution in [0.25, 0.3) is 0 Å². The smallest absolute Gasteiger partial charge is 0.305 e. The van der Waals surface area contributed by atoms with Crippen LogP contribution in [0.5, 0.6) is 5.75 Å². The second-order valence-electron chi connectivity index (χ2n) is 6.27. The maximum absolute atomic E-state index is 11.4. The van der Waals surface area contributed by atoms with Crippen LogP contribution >= 0.6 is 35.1 Å². The Kier molecular flexibility index (Phi) is 10.3. The van der Waals surface area contributed by atoms with Crippen molar-refractivity contribution in [3.05, 3.63) is 64.7 Å². The van der Waals surface area contributed by atoms with Gasteiger partial charge in [-0.1, -0.05) is 49.7 Å². The fraction of sp³-hybridized carbons (Fsp3) is 0.435. The first kappa shape index (κ1) is 24.0. The summed E-state index contributed by atoms with van der Waals surface area (Å²) in [5.74, 6) is 2.64. The van der Waals surface area contributed by atoms with Crippen LogP contribution in [0.15, 0.2) is 48.5 Å². The largest absolute Gasteiger partial charge is 0.494 e. The molecule has 3 nitrogen and oxygen atoms in total. The summed E-state index contributed by atoms with van der Waals surface area (Å²) in [4.78, 5) is 11.4. The van der Waals surface area contributed by atoms with Gasteiger partial charge in [0.15, 0.2) is 0 Å². The van der Waals surface area contributed by atoms with Gasteiger partial charge in [-0.25, -0.2) is 0 Å². The van der Waals surface area contributed by atoms with Gasteiger partial charge in [-0.15, -0.1) is 23.5 Å². The van der Waals surface area contributed by atoms with E-state index in [9.17, 15) is 4.79 Å². The van der Waals surface area contributed by atoms with E-state index < -0.39 is 0 Å². The van der Waals surface area contributed by atoms with Crippen molar-refractivity contribution in [1.82, 2.24) is 0 Å². The molecule has 2 aromatic rings. The van der Waals surface area contributed by atoms with Crippen LogP contribution in [-0.4, -0.2) is 30.7 Å². The van der Waals surface area contributed by atoms with Gasteiger partial charge in [-0.05, 0) is 60.2 Å². The zero-order valence-corrected chi connectivity index (χ0v) is 19.7. The van der Waals surface area contributed by atoms with E-state index in [-0.39, 0.29) is 10.0 Å². The first-order chi connectivity index (χ1) is 14.1. The number of halogens is 1. The molecule has 2 aromatic carbocycles. The minimum Gasteiger partial charge on any atom is -0.494 e. The van der Waals surface area contributed by atoms with Gasteiger partial charge in [-0.2, -0.15) is 0 Å². The van der Waals surface area contributed by atoms with Crippen molar-refractivity contribution in [2.45, 2.75) is 37.7 Å². The van der Waals surface area contributed by atoms with Crippen LogP contribution in [0.2, 0.25) is 5.02 Å². The van der Waals surface area contributed by atoms with E-state index in [2.05, 4.69) is 38.1 Å². The average molecular weight is 453 g/mol. The van der Waals surface area contributed by atoms with Gasteiger partial charge in [0.2, 0.25) is 0 Å². The Hall–Kier alpha value is -1.30. The predicted molar refractivity (Wildman–Crippen MR) is 126 cm³/mol. The lowest BCUT2D eigenvalue weighted by atomic mass is 10.0. The van der Waals surface area contributed by atoms with E-state index in [0.29, 0.717) is 26.1 Å². The van der Waals surface area contributed by atoms with Crippen LogP contribution < -0.4 is 4.74 Å². The predicted octanol–water partition coefficient (Wildman–Crippen LogP) is 6.77. The molecule has 0 saturated carbocycles. The summed E-state index contributed by atoms with van der Waals surface area (Å²) in [7, 11) is 0. The minimum absolute atomic E-state index is 0.174. The Morgan fingerprint density at radius 3 is 2.00 bits per heavy atom. The van der Waals surface area contributed by atoms with Crippen molar-refractivity contribution in [2.24, 2.45) is 0 Å². The molecule has 29 heavy (non-hydrogen) atoms. The molecule has 0 aliphatic carbocycles. The topological polar surface area (TPSA) is 35.5 Å². The third-order valence-electron chi connectivity index (χ3n) is 4.25. The fourth-order valence-electron chi connectivity index (χ4n) is 3.03. The molecule has 158 valence electrons. The average Bonchev–Trinajstić information content (AvgIpc) is 2.72. The van der Waals surface area contributed by atoms with E-state index in [1.54, 1.807) is 0 Å². The summed E-state index contributed by atoms with van der Waals surface area (Å²) < 4.78 is 10.6. The van der Waals surface area contributed by atoms with Crippen molar-refractivity contribution in [1.29, 1.82) is 0 Å². The van der Waals surface area contributed by atoms with Crippen molar-refractivity contribution in [3.8, 4) is 5.75 Å². The molecule has 0 N–H and O–H groups in total. The molecule has 0 atom stereocenters. The molecular formula is C23H29ClO3S2. The number of hydrogen-bond donors (Lipinski definition) is 0. The molecule has 0 bridgehead atoms. The van der Waals surface area contributed by atoms with E-state index >= 15 is 0 Å². The van der Waals surface area contributed by atoms with Crippen LogP contribution in [-0.2, 0) is 13.6 Å². The Morgan fingerprint density at radius 2 is 1.48 bits per heavy atom. The van der Waals surface area contributed by atoms with E-state index in [4.69, 9.17) is 21.1 Å². The van der Waals surface area contributed by atoms with Crippen molar-refractivity contribution >= 4 is 41.1 Å². The summed E-state index contributed by atoms with van der Waals surface area (Å²) in [5, 5.41) is 0.747. The number of benzene rings is 2. The van der Waals surface area contributed by atoms with E-state index in [1.807, 2.05) is 54.7 Å². The van der Waals surface area contributed by atoms with Crippen molar-refractivity contribution in [3.63, 3.8) is 0 Å². The van der Waals surface area contributed by atoms with Gasteiger partial charge < -0.3 is 9.47 Å². The van der Waals surface area contributed by atoms with Crippen molar-refractivity contribution < 1.29 is 14.3 Å². The normalized spacial score (nSPS) is 11.3. The van der Waals surface area contributed by atoms with Crippen molar-refractivity contribution in [2.75, 3.05) is 24.7 Å². The zero-order chi connectivity index (χ0) is 21.1. The molecule has 0 fully saturated rings. The summed E-state index contributed by atoms with van der Waals surface area (Å²) in [6.07, 6.45) is 1.03. The van der Waals surface area contributed by atoms with Crippen LogP contribution in [0, 0.1) is 0 Å². The highest BCUT2D eigenvalue weighted by Crippen LogP contribution is 2.52. The monoisotopic (exact) mass is 452 g/mol.